The summed E-state index contributed by atoms with van der Waals surface area (Å²) in [4.78, 5) is 21.1. The standard InChI is InChI=1S/C20H19ClN4O/c1-12-8-9-15(10-13(12)2)24-20(26)18-11-19(23-14(3)22-18)25-17-7-5-4-6-16(17)21/h4-11H,1-3H3,(H,24,26)(H,22,23,25). The minimum Gasteiger partial charge on any atom is -0.339 e. The van der Waals surface area contributed by atoms with Gasteiger partial charge in [-0.2, -0.15) is 0 Å². The number of amides is 1. The number of aryl methyl sites for hydroxylation is 3. The van der Waals surface area contributed by atoms with E-state index in [9.17, 15) is 4.79 Å². The van der Waals surface area contributed by atoms with Crippen LogP contribution in [0.2, 0.25) is 5.02 Å². The summed E-state index contributed by atoms with van der Waals surface area (Å²) in [5, 5.41) is 6.57. The first-order valence-corrected chi connectivity index (χ1v) is 8.56. The third-order valence-electron chi connectivity index (χ3n) is 3.97. The second kappa shape index (κ2) is 7.54. The van der Waals surface area contributed by atoms with Crippen LogP contribution in [0.1, 0.15) is 27.4 Å². The molecule has 0 saturated heterocycles. The number of benzene rings is 2. The number of para-hydroxylation sites is 1. The lowest BCUT2D eigenvalue weighted by Crippen LogP contribution is -2.15. The van der Waals surface area contributed by atoms with Gasteiger partial charge in [0.15, 0.2) is 0 Å². The van der Waals surface area contributed by atoms with Gasteiger partial charge >= 0.3 is 0 Å². The van der Waals surface area contributed by atoms with Gasteiger partial charge in [0.1, 0.15) is 17.3 Å². The maximum absolute atomic E-state index is 12.6. The molecule has 0 spiro atoms. The molecule has 0 saturated carbocycles. The van der Waals surface area contributed by atoms with E-state index in [0.29, 0.717) is 22.4 Å². The molecule has 0 aliphatic rings. The van der Waals surface area contributed by atoms with E-state index in [2.05, 4.69) is 20.6 Å². The predicted octanol–water partition coefficient (Wildman–Crippen LogP) is 5.05. The lowest BCUT2D eigenvalue weighted by Gasteiger charge is -2.11. The summed E-state index contributed by atoms with van der Waals surface area (Å²) >= 11 is 6.17. The number of halogens is 1. The van der Waals surface area contributed by atoms with Gasteiger partial charge in [0.05, 0.1) is 10.7 Å². The summed E-state index contributed by atoms with van der Waals surface area (Å²) in [6, 6.07) is 14.7. The molecule has 0 fully saturated rings. The van der Waals surface area contributed by atoms with Gasteiger partial charge in [0.2, 0.25) is 0 Å². The van der Waals surface area contributed by atoms with Gasteiger partial charge in [-0.15, -0.1) is 0 Å². The van der Waals surface area contributed by atoms with Gasteiger partial charge in [0, 0.05) is 11.8 Å². The third-order valence-corrected chi connectivity index (χ3v) is 4.30. The van der Waals surface area contributed by atoms with E-state index in [-0.39, 0.29) is 11.6 Å². The molecular formula is C20H19ClN4O. The average Bonchev–Trinajstić information content (AvgIpc) is 2.60. The second-order valence-corrected chi connectivity index (χ2v) is 6.45. The van der Waals surface area contributed by atoms with E-state index in [1.807, 2.05) is 50.2 Å². The monoisotopic (exact) mass is 366 g/mol. The van der Waals surface area contributed by atoms with Crippen LogP contribution >= 0.6 is 11.6 Å². The van der Waals surface area contributed by atoms with Gasteiger partial charge in [-0.25, -0.2) is 9.97 Å². The number of nitrogens with one attached hydrogen (secondary N) is 2. The number of carbonyl (C=O) groups excluding carboxylic acids is 1. The number of anilines is 3. The van der Waals surface area contributed by atoms with Crippen molar-refractivity contribution in [3.8, 4) is 0 Å². The quantitative estimate of drug-likeness (QED) is 0.678. The molecule has 5 nitrogen and oxygen atoms in total. The van der Waals surface area contributed by atoms with Crippen molar-refractivity contribution in [1.82, 2.24) is 9.97 Å². The molecule has 1 heterocycles. The van der Waals surface area contributed by atoms with Gasteiger partial charge in [-0.05, 0) is 56.2 Å². The van der Waals surface area contributed by atoms with Gasteiger partial charge in [-0.3, -0.25) is 4.79 Å². The minimum absolute atomic E-state index is 0.283. The van der Waals surface area contributed by atoms with Crippen molar-refractivity contribution in [1.29, 1.82) is 0 Å². The maximum Gasteiger partial charge on any atom is 0.274 e. The summed E-state index contributed by atoms with van der Waals surface area (Å²) in [6.45, 7) is 5.78. The molecule has 0 atom stereocenters. The molecule has 0 aliphatic heterocycles. The summed E-state index contributed by atoms with van der Waals surface area (Å²) in [5.74, 6) is 0.712. The Labute approximate surface area is 157 Å². The van der Waals surface area contributed by atoms with Crippen molar-refractivity contribution in [3.63, 3.8) is 0 Å². The van der Waals surface area contributed by atoms with Crippen LogP contribution in [-0.4, -0.2) is 15.9 Å². The smallest absolute Gasteiger partial charge is 0.274 e. The molecule has 0 bridgehead atoms. The molecule has 132 valence electrons. The number of hydrogen-bond donors (Lipinski definition) is 2. The van der Waals surface area contributed by atoms with E-state index < -0.39 is 0 Å². The highest BCUT2D eigenvalue weighted by Gasteiger charge is 2.12. The fourth-order valence-electron chi connectivity index (χ4n) is 2.46. The normalized spacial score (nSPS) is 10.5. The zero-order chi connectivity index (χ0) is 18.7. The molecule has 3 aromatic rings. The Hall–Kier alpha value is -2.92. The Kier molecular flexibility index (Phi) is 5.19. The van der Waals surface area contributed by atoms with Crippen LogP contribution in [0.15, 0.2) is 48.5 Å². The van der Waals surface area contributed by atoms with E-state index in [1.54, 1.807) is 19.1 Å². The molecule has 3 rings (SSSR count). The number of carbonyl (C=O) groups is 1. The van der Waals surface area contributed by atoms with Gasteiger partial charge in [-0.1, -0.05) is 29.8 Å². The molecule has 2 aromatic carbocycles. The first-order chi connectivity index (χ1) is 12.4. The zero-order valence-electron chi connectivity index (χ0n) is 14.8. The van der Waals surface area contributed by atoms with E-state index in [1.165, 1.54) is 5.56 Å². The van der Waals surface area contributed by atoms with Crippen LogP contribution in [-0.2, 0) is 0 Å². The zero-order valence-corrected chi connectivity index (χ0v) is 15.6. The highest BCUT2D eigenvalue weighted by atomic mass is 35.5. The van der Waals surface area contributed by atoms with Crippen LogP contribution in [0.3, 0.4) is 0 Å². The number of hydrogen-bond acceptors (Lipinski definition) is 4. The Morgan fingerprint density at radius 1 is 0.962 bits per heavy atom. The Morgan fingerprint density at radius 3 is 2.46 bits per heavy atom. The largest absolute Gasteiger partial charge is 0.339 e. The highest BCUT2D eigenvalue weighted by Crippen LogP contribution is 2.24. The molecule has 0 radical (unpaired) electrons. The molecule has 26 heavy (non-hydrogen) atoms. The SMILES string of the molecule is Cc1nc(Nc2ccccc2Cl)cc(C(=O)Nc2ccc(C)c(C)c2)n1. The topological polar surface area (TPSA) is 66.9 Å². The van der Waals surface area contributed by atoms with Crippen LogP contribution < -0.4 is 10.6 Å². The number of nitrogens with zero attached hydrogens (tertiary/aromatic N) is 2. The Bertz CT molecular complexity index is 972. The molecule has 0 aliphatic carbocycles. The average molecular weight is 367 g/mol. The van der Waals surface area contributed by atoms with E-state index >= 15 is 0 Å². The van der Waals surface area contributed by atoms with E-state index in [0.717, 1.165) is 11.3 Å². The fourth-order valence-corrected chi connectivity index (χ4v) is 2.65. The lowest BCUT2D eigenvalue weighted by atomic mass is 10.1. The van der Waals surface area contributed by atoms with Crippen LogP contribution in [0.5, 0.6) is 0 Å². The second-order valence-electron chi connectivity index (χ2n) is 6.04. The Balaban J connectivity index is 1.83. The highest BCUT2D eigenvalue weighted by molar-refractivity contribution is 6.33. The van der Waals surface area contributed by atoms with Crippen LogP contribution in [0.4, 0.5) is 17.2 Å². The fraction of sp³-hybridized carbons (Fsp3) is 0.150. The number of rotatable bonds is 4. The van der Waals surface area contributed by atoms with Gasteiger partial charge in [0.25, 0.3) is 5.91 Å². The van der Waals surface area contributed by atoms with Crippen LogP contribution in [0, 0.1) is 20.8 Å². The molecule has 1 amide bonds. The van der Waals surface area contributed by atoms with Crippen molar-refractivity contribution >= 4 is 34.7 Å². The van der Waals surface area contributed by atoms with E-state index in [4.69, 9.17) is 11.6 Å². The summed E-state index contributed by atoms with van der Waals surface area (Å²) in [7, 11) is 0. The van der Waals surface area contributed by atoms with Crippen molar-refractivity contribution in [2.24, 2.45) is 0 Å². The van der Waals surface area contributed by atoms with Crippen LogP contribution in [0.25, 0.3) is 0 Å². The summed E-state index contributed by atoms with van der Waals surface area (Å²) in [6.07, 6.45) is 0. The molecule has 1 aromatic heterocycles. The lowest BCUT2D eigenvalue weighted by molar-refractivity contribution is 0.102. The van der Waals surface area contributed by atoms with Gasteiger partial charge < -0.3 is 10.6 Å². The molecule has 0 unspecified atom stereocenters. The van der Waals surface area contributed by atoms with Crippen molar-refractivity contribution < 1.29 is 4.79 Å². The van der Waals surface area contributed by atoms with Crippen molar-refractivity contribution in [3.05, 3.63) is 76.2 Å². The maximum atomic E-state index is 12.6. The number of aromatic nitrogens is 2. The first-order valence-electron chi connectivity index (χ1n) is 8.18. The molecule has 2 N–H and O–H groups in total. The summed E-state index contributed by atoms with van der Waals surface area (Å²) in [5.41, 5.74) is 4.02. The van der Waals surface area contributed by atoms with Crippen molar-refractivity contribution in [2.75, 3.05) is 10.6 Å². The summed E-state index contributed by atoms with van der Waals surface area (Å²) < 4.78 is 0. The molecule has 6 heteroatoms. The third kappa shape index (κ3) is 4.18. The minimum atomic E-state index is -0.291. The molecular weight excluding hydrogens is 348 g/mol. The predicted molar refractivity (Wildman–Crippen MR) is 105 cm³/mol. The van der Waals surface area contributed by atoms with Crippen molar-refractivity contribution in [2.45, 2.75) is 20.8 Å². The Morgan fingerprint density at radius 2 is 1.73 bits per heavy atom. The first kappa shape index (κ1) is 17.9.